The van der Waals surface area contributed by atoms with Gasteiger partial charge in [0, 0.05) is 31.5 Å². The van der Waals surface area contributed by atoms with Crippen molar-refractivity contribution in [3.05, 3.63) is 102 Å². The van der Waals surface area contributed by atoms with Crippen molar-refractivity contribution in [3.63, 3.8) is 0 Å². The van der Waals surface area contributed by atoms with E-state index in [1.807, 2.05) is 79.7 Å². The van der Waals surface area contributed by atoms with E-state index in [9.17, 15) is 13.2 Å². The van der Waals surface area contributed by atoms with E-state index in [0.29, 0.717) is 13.0 Å². The molecule has 6 heteroatoms. The summed E-state index contributed by atoms with van der Waals surface area (Å²) in [7, 11) is -3.75. The fourth-order valence-corrected chi connectivity index (χ4v) is 6.23. The molecule has 1 fully saturated rings. The number of benzene rings is 3. The Morgan fingerprint density at radius 1 is 0.906 bits per heavy atom. The summed E-state index contributed by atoms with van der Waals surface area (Å²) in [6, 6.07) is 26.6. The second kappa shape index (κ2) is 8.88. The van der Waals surface area contributed by atoms with Crippen LogP contribution in [0, 0.1) is 6.92 Å². The molecule has 1 unspecified atom stereocenters. The molecule has 1 N–H and O–H groups in total. The van der Waals surface area contributed by atoms with Crippen molar-refractivity contribution in [2.45, 2.75) is 36.6 Å². The highest BCUT2D eigenvalue weighted by molar-refractivity contribution is 7.89. The Hall–Kier alpha value is -2.96. The minimum atomic E-state index is -3.75. The number of hydrogen-bond acceptors (Lipinski definition) is 3. The van der Waals surface area contributed by atoms with E-state index in [0.717, 1.165) is 16.7 Å². The molecule has 166 valence electrons. The van der Waals surface area contributed by atoms with Gasteiger partial charge in [-0.25, -0.2) is 8.42 Å². The van der Waals surface area contributed by atoms with Crippen molar-refractivity contribution in [3.8, 4) is 0 Å². The average molecular weight is 449 g/mol. The van der Waals surface area contributed by atoms with Crippen molar-refractivity contribution in [1.29, 1.82) is 0 Å². The minimum Gasteiger partial charge on any atom is -0.352 e. The number of rotatable bonds is 5. The van der Waals surface area contributed by atoms with Gasteiger partial charge in [-0.3, -0.25) is 4.79 Å². The van der Waals surface area contributed by atoms with Crippen LogP contribution in [0.1, 0.15) is 30.0 Å². The standard InChI is InChI=1S/C26H28N2O3S/c1-20-13-15-25(16-14-20)32(30,31)28-18-24(27-21(2)29)17-26(19-28,22-9-5-3-6-10-22)23-11-7-4-8-12-23/h3-16,24H,17-19H2,1-2H3,(H,27,29). The summed E-state index contributed by atoms with van der Waals surface area (Å²) in [6.07, 6.45) is 0.612. The highest BCUT2D eigenvalue weighted by Gasteiger charge is 2.46. The average Bonchev–Trinajstić information content (AvgIpc) is 2.80. The van der Waals surface area contributed by atoms with E-state index in [1.165, 1.54) is 11.2 Å². The van der Waals surface area contributed by atoms with Crippen LogP contribution in [0.5, 0.6) is 0 Å². The molecule has 4 rings (SSSR count). The number of carbonyl (C=O) groups excluding carboxylic acids is 1. The van der Waals surface area contributed by atoms with Gasteiger partial charge in [0.2, 0.25) is 15.9 Å². The third kappa shape index (κ3) is 4.33. The van der Waals surface area contributed by atoms with Crippen LogP contribution < -0.4 is 5.32 Å². The number of nitrogens with zero attached hydrogens (tertiary/aromatic N) is 1. The molecule has 1 aliphatic rings. The van der Waals surface area contributed by atoms with Gasteiger partial charge in [-0.05, 0) is 36.6 Å². The van der Waals surface area contributed by atoms with Crippen molar-refractivity contribution < 1.29 is 13.2 Å². The summed E-state index contributed by atoms with van der Waals surface area (Å²) < 4.78 is 28.9. The molecule has 32 heavy (non-hydrogen) atoms. The van der Waals surface area contributed by atoms with Gasteiger partial charge in [-0.2, -0.15) is 4.31 Å². The van der Waals surface area contributed by atoms with Crippen LogP contribution in [0.25, 0.3) is 0 Å². The lowest BCUT2D eigenvalue weighted by Gasteiger charge is -2.46. The number of piperidine rings is 1. The first-order chi connectivity index (χ1) is 15.3. The molecule has 3 aromatic carbocycles. The van der Waals surface area contributed by atoms with Crippen LogP contribution in [-0.2, 0) is 20.2 Å². The molecular formula is C26H28N2O3S. The largest absolute Gasteiger partial charge is 0.352 e. The Bertz CT molecular complexity index is 1140. The van der Waals surface area contributed by atoms with E-state index in [2.05, 4.69) is 5.32 Å². The summed E-state index contributed by atoms with van der Waals surface area (Å²) in [4.78, 5) is 12.2. The maximum absolute atomic E-state index is 13.7. The van der Waals surface area contributed by atoms with Crippen molar-refractivity contribution in [2.24, 2.45) is 0 Å². The van der Waals surface area contributed by atoms with E-state index in [4.69, 9.17) is 0 Å². The summed E-state index contributed by atoms with van der Waals surface area (Å²) >= 11 is 0. The van der Waals surface area contributed by atoms with Crippen LogP contribution in [0.3, 0.4) is 0 Å². The Labute approximate surface area is 190 Å². The first kappa shape index (κ1) is 22.2. The lowest BCUT2D eigenvalue weighted by atomic mass is 9.68. The smallest absolute Gasteiger partial charge is 0.243 e. The number of sulfonamides is 1. The molecule has 1 heterocycles. The molecule has 0 radical (unpaired) electrons. The van der Waals surface area contributed by atoms with Gasteiger partial charge >= 0.3 is 0 Å². The quantitative estimate of drug-likeness (QED) is 0.644. The van der Waals surface area contributed by atoms with Crippen LogP contribution in [0.2, 0.25) is 0 Å². The Morgan fingerprint density at radius 2 is 1.44 bits per heavy atom. The molecule has 1 atom stereocenters. The summed E-state index contributed by atoms with van der Waals surface area (Å²) in [5.74, 6) is -0.167. The Balaban J connectivity index is 1.86. The zero-order valence-electron chi connectivity index (χ0n) is 18.4. The molecule has 3 aromatic rings. The fourth-order valence-electron chi connectivity index (χ4n) is 4.69. The molecule has 5 nitrogen and oxygen atoms in total. The van der Waals surface area contributed by atoms with Crippen LogP contribution in [0.15, 0.2) is 89.8 Å². The van der Waals surface area contributed by atoms with E-state index < -0.39 is 15.4 Å². The first-order valence-corrected chi connectivity index (χ1v) is 12.2. The van der Waals surface area contributed by atoms with Gasteiger partial charge in [-0.1, -0.05) is 78.4 Å². The number of hydrogen-bond donors (Lipinski definition) is 1. The summed E-state index contributed by atoms with van der Waals surface area (Å²) in [6.45, 7) is 3.94. The SMILES string of the molecule is CC(=O)NC1CN(S(=O)(=O)c2ccc(C)cc2)CC(c2ccccc2)(c2ccccc2)C1. The third-order valence-electron chi connectivity index (χ3n) is 6.18. The predicted octanol–water partition coefficient (Wildman–Crippen LogP) is 3.88. The Kier molecular flexibility index (Phi) is 6.17. The number of nitrogens with one attached hydrogen (secondary N) is 1. The Morgan fingerprint density at radius 3 is 1.94 bits per heavy atom. The van der Waals surface area contributed by atoms with Gasteiger partial charge in [0.1, 0.15) is 0 Å². The highest BCUT2D eigenvalue weighted by Crippen LogP contribution is 2.42. The summed E-state index contributed by atoms with van der Waals surface area (Å²) in [5, 5.41) is 2.99. The molecule has 0 aromatic heterocycles. The molecule has 0 aliphatic carbocycles. The number of amides is 1. The third-order valence-corrected chi connectivity index (χ3v) is 8.01. The molecule has 0 bridgehead atoms. The molecule has 1 aliphatic heterocycles. The first-order valence-electron chi connectivity index (χ1n) is 10.8. The topological polar surface area (TPSA) is 66.5 Å². The molecule has 1 amide bonds. The van der Waals surface area contributed by atoms with E-state index in [-0.39, 0.29) is 23.4 Å². The number of aryl methyl sites for hydroxylation is 1. The van der Waals surface area contributed by atoms with Gasteiger partial charge in [0.15, 0.2) is 0 Å². The zero-order chi connectivity index (χ0) is 22.8. The molecular weight excluding hydrogens is 420 g/mol. The maximum atomic E-state index is 13.7. The van der Waals surface area contributed by atoms with E-state index in [1.54, 1.807) is 12.1 Å². The zero-order valence-corrected chi connectivity index (χ0v) is 19.2. The maximum Gasteiger partial charge on any atom is 0.243 e. The lowest BCUT2D eigenvalue weighted by Crippen LogP contribution is -2.58. The van der Waals surface area contributed by atoms with E-state index >= 15 is 0 Å². The predicted molar refractivity (Wildman–Crippen MR) is 126 cm³/mol. The molecule has 0 spiro atoms. The second-order valence-electron chi connectivity index (χ2n) is 8.53. The van der Waals surface area contributed by atoms with Crippen LogP contribution in [0.4, 0.5) is 0 Å². The highest BCUT2D eigenvalue weighted by atomic mass is 32.2. The van der Waals surface area contributed by atoms with Gasteiger partial charge < -0.3 is 5.32 Å². The second-order valence-corrected chi connectivity index (χ2v) is 10.5. The fraction of sp³-hybridized carbons (Fsp3) is 0.269. The number of carbonyl (C=O) groups is 1. The minimum absolute atomic E-state index is 0.167. The molecule has 0 saturated carbocycles. The molecule has 1 saturated heterocycles. The van der Waals surface area contributed by atoms with Crippen molar-refractivity contribution >= 4 is 15.9 Å². The normalized spacial score (nSPS) is 18.8. The van der Waals surface area contributed by atoms with Gasteiger partial charge in [0.05, 0.1) is 4.90 Å². The lowest BCUT2D eigenvalue weighted by molar-refractivity contribution is -0.120. The van der Waals surface area contributed by atoms with Crippen LogP contribution >= 0.6 is 0 Å². The monoisotopic (exact) mass is 448 g/mol. The summed E-state index contributed by atoms with van der Waals surface area (Å²) in [5.41, 5.74) is 2.48. The van der Waals surface area contributed by atoms with Crippen molar-refractivity contribution in [2.75, 3.05) is 13.1 Å². The van der Waals surface area contributed by atoms with Crippen molar-refractivity contribution in [1.82, 2.24) is 9.62 Å². The van der Waals surface area contributed by atoms with Gasteiger partial charge in [0.25, 0.3) is 0 Å². The van der Waals surface area contributed by atoms with Crippen LogP contribution in [-0.4, -0.2) is 37.8 Å². The van der Waals surface area contributed by atoms with Gasteiger partial charge in [-0.15, -0.1) is 0 Å².